The van der Waals surface area contributed by atoms with Gasteiger partial charge in [0.15, 0.2) is 5.03 Å². The summed E-state index contributed by atoms with van der Waals surface area (Å²) < 4.78 is 35.0. The van der Waals surface area contributed by atoms with Crippen molar-refractivity contribution in [2.45, 2.75) is 83.0 Å². The van der Waals surface area contributed by atoms with Gasteiger partial charge in [-0.2, -0.15) is 13.5 Å². The molecule has 2 heterocycles. The molecule has 0 saturated heterocycles. The quantitative estimate of drug-likeness (QED) is 0.666. The van der Waals surface area contributed by atoms with E-state index in [0.717, 1.165) is 55.3 Å². The second-order valence-corrected chi connectivity index (χ2v) is 12.0. The van der Waals surface area contributed by atoms with Crippen molar-refractivity contribution < 1.29 is 22.7 Å². The van der Waals surface area contributed by atoms with Gasteiger partial charge in [-0.15, -0.1) is 0 Å². The highest BCUT2D eigenvalue weighted by atomic mass is 32.2. The number of amides is 3. The minimum Gasteiger partial charge on any atom is -0.444 e. The molecular formula is C24H31N5O5S. The van der Waals surface area contributed by atoms with Crippen molar-refractivity contribution >= 4 is 27.8 Å². The number of sulfonamides is 1. The molecule has 2 N–H and O–H groups in total. The van der Waals surface area contributed by atoms with Gasteiger partial charge in [0.1, 0.15) is 5.60 Å². The summed E-state index contributed by atoms with van der Waals surface area (Å²) in [5, 5.41) is 6.76. The second-order valence-electron chi connectivity index (χ2n) is 10.4. The van der Waals surface area contributed by atoms with E-state index in [4.69, 9.17) is 4.74 Å². The summed E-state index contributed by atoms with van der Waals surface area (Å²) >= 11 is 0. The van der Waals surface area contributed by atoms with Crippen molar-refractivity contribution in [3.05, 3.63) is 40.1 Å². The fraction of sp³-hybridized carbons (Fsp3) is 0.542. The first-order valence-corrected chi connectivity index (χ1v) is 13.5. The van der Waals surface area contributed by atoms with Crippen LogP contribution in [-0.4, -0.2) is 47.4 Å². The average molecular weight is 502 g/mol. The largest absolute Gasteiger partial charge is 0.444 e. The van der Waals surface area contributed by atoms with Crippen molar-refractivity contribution in [1.29, 1.82) is 0 Å². The van der Waals surface area contributed by atoms with Gasteiger partial charge in [-0.3, -0.25) is 4.68 Å². The Hall–Kier alpha value is -3.08. The smallest absolute Gasteiger partial charge is 0.410 e. The Morgan fingerprint density at radius 1 is 1.00 bits per heavy atom. The zero-order valence-corrected chi connectivity index (χ0v) is 21.1. The van der Waals surface area contributed by atoms with Gasteiger partial charge in [0, 0.05) is 18.3 Å². The molecule has 0 radical (unpaired) electrons. The van der Waals surface area contributed by atoms with Crippen LogP contribution in [0.2, 0.25) is 0 Å². The zero-order valence-electron chi connectivity index (χ0n) is 20.3. The molecule has 0 unspecified atom stereocenters. The predicted octanol–water partition coefficient (Wildman–Crippen LogP) is 3.12. The number of anilines is 1. The van der Waals surface area contributed by atoms with E-state index in [1.54, 1.807) is 25.5 Å². The number of hydrogen-bond acceptors (Lipinski definition) is 6. The fourth-order valence-electron chi connectivity index (χ4n) is 5.13. The molecule has 1 aliphatic heterocycles. The summed E-state index contributed by atoms with van der Waals surface area (Å²) in [4.78, 5) is 26.7. The SMILES string of the molecule is CC(C)(C)OC(=O)N1CCn2nc(S(=O)(=O)NC(=O)Nc3c4c(cc5c3CCC5)CCC4)cc2C1. The second kappa shape index (κ2) is 8.54. The molecule has 0 saturated carbocycles. The molecular weight excluding hydrogens is 470 g/mol. The Balaban J connectivity index is 1.30. The summed E-state index contributed by atoms with van der Waals surface area (Å²) in [6, 6.07) is 2.85. The molecule has 0 bridgehead atoms. The Bertz CT molecular complexity index is 1280. The molecule has 11 heteroatoms. The number of fused-ring (bicyclic) bond motifs is 3. The Morgan fingerprint density at radius 3 is 2.29 bits per heavy atom. The number of nitrogens with zero attached hydrogens (tertiary/aromatic N) is 3. The summed E-state index contributed by atoms with van der Waals surface area (Å²) in [5.74, 6) is 0. The number of carbonyl (C=O) groups is 2. The van der Waals surface area contributed by atoms with Crippen molar-refractivity contribution in [2.24, 2.45) is 0 Å². The molecule has 5 rings (SSSR count). The number of hydrogen-bond donors (Lipinski definition) is 2. The third kappa shape index (κ3) is 4.73. The summed E-state index contributed by atoms with van der Waals surface area (Å²) in [5.41, 5.74) is 5.45. The normalized spacial score (nSPS) is 16.9. The Kier molecular flexibility index (Phi) is 5.77. The van der Waals surface area contributed by atoms with Gasteiger partial charge < -0.3 is 15.0 Å². The highest BCUT2D eigenvalue weighted by molar-refractivity contribution is 7.90. The van der Waals surface area contributed by atoms with Crippen molar-refractivity contribution in [3.8, 4) is 0 Å². The number of rotatable bonds is 3. The maximum Gasteiger partial charge on any atom is 0.410 e. The number of nitrogens with one attached hydrogen (secondary N) is 2. The van der Waals surface area contributed by atoms with Gasteiger partial charge >= 0.3 is 12.1 Å². The van der Waals surface area contributed by atoms with Crippen molar-refractivity contribution in [1.82, 2.24) is 19.4 Å². The molecule has 35 heavy (non-hydrogen) atoms. The lowest BCUT2D eigenvalue weighted by atomic mass is 9.99. The number of urea groups is 1. The summed E-state index contributed by atoms with van der Waals surface area (Å²) in [6.45, 7) is 6.22. The van der Waals surface area contributed by atoms with E-state index in [2.05, 4.69) is 21.2 Å². The van der Waals surface area contributed by atoms with Crippen LogP contribution in [0.1, 0.15) is 61.6 Å². The number of aromatic nitrogens is 2. The van der Waals surface area contributed by atoms with Gasteiger partial charge in [0.2, 0.25) is 0 Å². The van der Waals surface area contributed by atoms with Crippen LogP contribution in [0.5, 0.6) is 0 Å². The van der Waals surface area contributed by atoms with Gasteiger partial charge in [-0.1, -0.05) is 6.07 Å². The Labute approximate surface area is 205 Å². The Morgan fingerprint density at radius 2 is 1.66 bits per heavy atom. The van der Waals surface area contributed by atoms with Gasteiger partial charge in [-0.05, 0) is 81.5 Å². The van der Waals surface area contributed by atoms with Crippen LogP contribution >= 0.6 is 0 Å². The van der Waals surface area contributed by atoms with Crippen molar-refractivity contribution in [3.63, 3.8) is 0 Å². The standard InChI is InChI=1S/C24H31N5O5S/c1-24(2,3)34-23(31)28-10-11-29-17(14-28)13-20(26-29)35(32,33)27-22(30)25-21-18-8-4-6-15(18)12-16-7-5-9-19(16)21/h12-13H,4-11,14H2,1-3H3,(H2,25,27,30). The summed E-state index contributed by atoms with van der Waals surface area (Å²) in [7, 11) is -4.20. The molecule has 1 aromatic carbocycles. The molecule has 2 aliphatic carbocycles. The topological polar surface area (TPSA) is 123 Å². The number of carbonyl (C=O) groups excluding carboxylic acids is 2. The minimum atomic E-state index is -4.20. The van der Waals surface area contributed by atoms with E-state index < -0.39 is 27.7 Å². The summed E-state index contributed by atoms with van der Waals surface area (Å²) in [6.07, 6.45) is 5.34. The number of benzene rings is 1. The highest BCUT2D eigenvalue weighted by Gasteiger charge is 2.31. The van der Waals surface area contributed by atoms with Crippen LogP contribution in [0, 0.1) is 0 Å². The van der Waals surface area contributed by atoms with Crippen LogP contribution < -0.4 is 10.0 Å². The van der Waals surface area contributed by atoms with Crippen LogP contribution in [0.15, 0.2) is 17.2 Å². The van der Waals surface area contributed by atoms with E-state index in [-0.39, 0.29) is 11.6 Å². The van der Waals surface area contributed by atoms with Gasteiger partial charge in [0.25, 0.3) is 10.0 Å². The molecule has 0 fully saturated rings. The molecule has 2 aromatic rings. The first-order chi connectivity index (χ1) is 16.5. The zero-order chi connectivity index (χ0) is 25.0. The van der Waals surface area contributed by atoms with E-state index in [1.165, 1.54) is 22.1 Å². The monoisotopic (exact) mass is 501 g/mol. The third-order valence-corrected chi connectivity index (χ3v) is 7.85. The minimum absolute atomic E-state index is 0.173. The highest BCUT2D eigenvalue weighted by Crippen LogP contribution is 2.38. The van der Waals surface area contributed by atoms with E-state index in [0.29, 0.717) is 18.8 Å². The van der Waals surface area contributed by atoms with Gasteiger partial charge in [0.05, 0.1) is 18.8 Å². The molecule has 10 nitrogen and oxygen atoms in total. The van der Waals surface area contributed by atoms with Crippen LogP contribution in [0.4, 0.5) is 15.3 Å². The maximum absolute atomic E-state index is 13.0. The lowest BCUT2D eigenvalue weighted by molar-refractivity contribution is 0.0194. The first-order valence-electron chi connectivity index (χ1n) is 12.1. The van der Waals surface area contributed by atoms with E-state index in [9.17, 15) is 18.0 Å². The average Bonchev–Trinajstić information content (AvgIpc) is 3.50. The first kappa shape index (κ1) is 23.7. The molecule has 0 atom stereocenters. The van der Waals surface area contributed by atoms with E-state index in [1.807, 2.05) is 0 Å². The van der Waals surface area contributed by atoms with Crippen molar-refractivity contribution in [2.75, 3.05) is 11.9 Å². The van der Waals surface area contributed by atoms with Crippen LogP contribution in [-0.2, 0) is 53.5 Å². The lowest BCUT2D eigenvalue weighted by Gasteiger charge is -2.30. The third-order valence-electron chi connectivity index (χ3n) is 6.64. The molecule has 3 aliphatic rings. The molecule has 1 aromatic heterocycles. The molecule has 3 amide bonds. The number of aryl methyl sites for hydroxylation is 2. The van der Waals surface area contributed by atoms with Crippen LogP contribution in [0.3, 0.4) is 0 Å². The predicted molar refractivity (Wildman–Crippen MR) is 129 cm³/mol. The van der Waals surface area contributed by atoms with Crippen LogP contribution in [0.25, 0.3) is 0 Å². The molecule has 188 valence electrons. The lowest BCUT2D eigenvalue weighted by Crippen LogP contribution is -2.41. The molecule has 0 spiro atoms. The fourth-order valence-corrected chi connectivity index (χ4v) is 6.03. The van der Waals surface area contributed by atoms with Gasteiger partial charge in [-0.25, -0.2) is 14.3 Å². The number of ether oxygens (including phenoxy) is 1. The maximum atomic E-state index is 13.0. The van der Waals surface area contributed by atoms with E-state index >= 15 is 0 Å².